The first-order valence-electron chi connectivity index (χ1n) is 4.64. The lowest BCUT2D eigenvalue weighted by Gasteiger charge is -1.96. The van der Waals surface area contributed by atoms with E-state index in [0.29, 0.717) is 5.89 Å². The van der Waals surface area contributed by atoms with Crippen molar-refractivity contribution in [2.24, 2.45) is 5.73 Å². The molecule has 2 rings (SSSR count). The Labute approximate surface area is 96.4 Å². The number of aromatic nitrogens is 1. The van der Waals surface area contributed by atoms with Crippen LogP contribution in [0.4, 0.5) is 0 Å². The fourth-order valence-electron chi connectivity index (χ4n) is 1.22. The molecule has 1 atom stereocenters. The van der Waals surface area contributed by atoms with Gasteiger partial charge in [-0.05, 0) is 31.2 Å². The molecule has 3 nitrogen and oxygen atoms in total. The van der Waals surface area contributed by atoms with Crippen molar-refractivity contribution in [1.82, 2.24) is 4.98 Å². The molecule has 0 bridgehead atoms. The highest BCUT2D eigenvalue weighted by molar-refractivity contribution is 9.10. The van der Waals surface area contributed by atoms with Crippen molar-refractivity contribution in [2.75, 3.05) is 0 Å². The van der Waals surface area contributed by atoms with Gasteiger partial charge in [-0.15, -0.1) is 0 Å². The third-order valence-corrected chi connectivity index (χ3v) is 2.61. The number of nitrogens with zero attached hydrogens (tertiary/aromatic N) is 1. The number of oxazole rings is 1. The van der Waals surface area contributed by atoms with Crippen LogP contribution in [0, 0.1) is 0 Å². The van der Waals surface area contributed by atoms with Crippen LogP contribution in [0.3, 0.4) is 0 Å². The van der Waals surface area contributed by atoms with Gasteiger partial charge in [0.25, 0.3) is 0 Å². The number of nitrogens with two attached hydrogens (primary N) is 1. The summed E-state index contributed by atoms with van der Waals surface area (Å²) in [6, 6.07) is 7.69. The summed E-state index contributed by atoms with van der Waals surface area (Å²) in [6.45, 7) is 1.88. The minimum absolute atomic E-state index is 0.0991. The molecule has 1 aromatic carbocycles. The second kappa shape index (κ2) is 4.16. The topological polar surface area (TPSA) is 52.0 Å². The van der Waals surface area contributed by atoms with Crippen molar-refractivity contribution >= 4 is 15.9 Å². The molecule has 0 saturated carbocycles. The molecule has 0 aliphatic heterocycles. The lowest BCUT2D eigenvalue weighted by atomic mass is 10.2. The van der Waals surface area contributed by atoms with E-state index in [4.69, 9.17) is 10.2 Å². The molecule has 0 fully saturated rings. The van der Waals surface area contributed by atoms with Crippen LogP contribution in [-0.4, -0.2) is 4.98 Å². The number of benzene rings is 1. The van der Waals surface area contributed by atoms with Gasteiger partial charge in [0, 0.05) is 16.1 Å². The summed E-state index contributed by atoms with van der Waals surface area (Å²) in [7, 11) is 0. The predicted molar refractivity (Wildman–Crippen MR) is 62.2 cm³/mol. The van der Waals surface area contributed by atoms with Crippen LogP contribution in [0.25, 0.3) is 11.5 Å². The average Bonchev–Trinajstić information content (AvgIpc) is 2.68. The van der Waals surface area contributed by atoms with Gasteiger partial charge in [0.2, 0.25) is 5.89 Å². The molecule has 15 heavy (non-hydrogen) atoms. The Hall–Kier alpha value is -1.13. The van der Waals surface area contributed by atoms with Crippen molar-refractivity contribution in [3.63, 3.8) is 0 Å². The molecular formula is C11H11BrN2O. The zero-order chi connectivity index (χ0) is 10.8. The molecule has 1 unspecified atom stereocenters. The molecule has 1 aromatic heterocycles. The highest BCUT2D eigenvalue weighted by atomic mass is 79.9. The van der Waals surface area contributed by atoms with Crippen molar-refractivity contribution in [3.8, 4) is 11.5 Å². The minimum Gasteiger partial charge on any atom is -0.444 e. The van der Waals surface area contributed by atoms with Crippen molar-refractivity contribution in [3.05, 3.63) is 40.7 Å². The van der Waals surface area contributed by atoms with Gasteiger partial charge in [-0.25, -0.2) is 4.98 Å². The minimum atomic E-state index is -0.0991. The molecule has 0 aliphatic carbocycles. The lowest BCUT2D eigenvalue weighted by molar-refractivity contribution is 0.570. The van der Waals surface area contributed by atoms with Crippen LogP contribution in [0.2, 0.25) is 0 Å². The predicted octanol–water partition coefficient (Wildman–Crippen LogP) is 3.12. The molecule has 4 heteroatoms. The van der Waals surface area contributed by atoms with Crippen LogP contribution >= 0.6 is 15.9 Å². The largest absolute Gasteiger partial charge is 0.444 e. The van der Waals surface area contributed by atoms with Crippen LogP contribution in [-0.2, 0) is 0 Å². The Morgan fingerprint density at radius 2 is 2.00 bits per heavy atom. The fraction of sp³-hybridized carbons (Fsp3) is 0.182. The van der Waals surface area contributed by atoms with Gasteiger partial charge in [-0.2, -0.15) is 0 Å². The molecular weight excluding hydrogens is 256 g/mol. The Kier molecular flexibility index (Phi) is 2.88. The average molecular weight is 267 g/mol. The van der Waals surface area contributed by atoms with E-state index in [1.165, 1.54) is 0 Å². The van der Waals surface area contributed by atoms with Crippen LogP contribution in [0.1, 0.15) is 18.7 Å². The standard InChI is InChI=1S/C11H11BrN2O/c1-7(13)10-6-15-11(14-10)8-2-4-9(12)5-3-8/h2-7H,13H2,1H3. The second-order valence-electron chi connectivity index (χ2n) is 3.37. The molecule has 0 radical (unpaired) electrons. The van der Waals surface area contributed by atoms with E-state index < -0.39 is 0 Å². The Balaban J connectivity index is 2.33. The van der Waals surface area contributed by atoms with Gasteiger partial charge >= 0.3 is 0 Å². The molecule has 2 aromatic rings. The summed E-state index contributed by atoms with van der Waals surface area (Å²) in [4.78, 5) is 4.30. The van der Waals surface area contributed by atoms with E-state index in [0.717, 1.165) is 15.7 Å². The molecule has 0 amide bonds. The van der Waals surface area contributed by atoms with E-state index in [-0.39, 0.29) is 6.04 Å². The third kappa shape index (κ3) is 2.27. The molecule has 1 heterocycles. The van der Waals surface area contributed by atoms with Gasteiger partial charge in [-0.3, -0.25) is 0 Å². The third-order valence-electron chi connectivity index (χ3n) is 2.08. The SMILES string of the molecule is CC(N)c1coc(-c2ccc(Br)cc2)n1. The number of hydrogen-bond acceptors (Lipinski definition) is 3. The quantitative estimate of drug-likeness (QED) is 0.909. The van der Waals surface area contributed by atoms with Crippen LogP contribution in [0.15, 0.2) is 39.4 Å². The first-order valence-corrected chi connectivity index (χ1v) is 5.43. The second-order valence-corrected chi connectivity index (χ2v) is 4.29. The maximum absolute atomic E-state index is 5.70. The Morgan fingerprint density at radius 3 is 2.53 bits per heavy atom. The highest BCUT2D eigenvalue weighted by Crippen LogP contribution is 2.22. The molecule has 2 N–H and O–H groups in total. The summed E-state index contributed by atoms with van der Waals surface area (Å²) in [5.74, 6) is 0.606. The lowest BCUT2D eigenvalue weighted by Crippen LogP contribution is -2.04. The van der Waals surface area contributed by atoms with Gasteiger partial charge in [0.15, 0.2) is 0 Å². The van der Waals surface area contributed by atoms with E-state index in [1.807, 2.05) is 31.2 Å². The van der Waals surface area contributed by atoms with Crippen molar-refractivity contribution in [2.45, 2.75) is 13.0 Å². The first-order chi connectivity index (χ1) is 7.16. The van der Waals surface area contributed by atoms with E-state index in [2.05, 4.69) is 20.9 Å². The summed E-state index contributed by atoms with van der Waals surface area (Å²) >= 11 is 3.38. The maximum atomic E-state index is 5.70. The summed E-state index contributed by atoms with van der Waals surface area (Å²) < 4.78 is 6.38. The highest BCUT2D eigenvalue weighted by Gasteiger charge is 2.08. The number of hydrogen-bond donors (Lipinski definition) is 1. The fourth-order valence-corrected chi connectivity index (χ4v) is 1.48. The zero-order valence-electron chi connectivity index (χ0n) is 8.27. The monoisotopic (exact) mass is 266 g/mol. The smallest absolute Gasteiger partial charge is 0.226 e. The maximum Gasteiger partial charge on any atom is 0.226 e. The Bertz CT molecular complexity index is 448. The van der Waals surface area contributed by atoms with E-state index in [1.54, 1.807) is 6.26 Å². The summed E-state index contributed by atoms with van der Waals surface area (Å²) in [5.41, 5.74) is 7.42. The number of halogens is 1. The summed E-state index contributed by atoms with van der Waals surface area (Å²) in [6.07, 6.45) is 1.60. The normalized spacial score (nSPS) is 12.7. The van der Waals surface area contributed by atoms with E-state index in [9.17, 15) is 0 Å². The van der Waals surface area contributed by atoms with Gasteiger partial charge in [-0.1, -0.05) is 15.9 Å². The Morgan fingerprint density at radius 1 is 1.33 bits per heavy atom. The van der Waals surface area contributed by atoms with Gasteiger partial charge < -0.3 is 10.2 Å². The summed E-state index contributed by atoms with van der Waals surface area (Å²) in [5, 5.41) is 0. The van der Waals surface area contributed by atoms with Crippen LogP contribution in [0.5, 0.6) is 0 Å². The molecule has 0 saturated heterocycles. The molecule has 0 aliphatic rings. The first kappa shape index (κ1) is 10.4. The van der Waals surface area contributed by atoms with E-state index >= 15 is 0 Å². The van der Waals surface area contributed by atoms with Crippen molar-refractivity contribution < 1.29 is 4.42 Å². The van der Waals surface area contributed by atoms with Gasteiger partial charge in [0.1, 0.15) is 6.26 Å². The zero-order valence-corrected chi connectivity index (χ0v) is 9.86. The van der Waals surface area contributed by atoms with Crippen molar-refractivity contribution in [1.29, 1.82) is 0 Å². The molecule has 0 spiro atoms. The number of rotatable bonds is 2. The van der Waals surface area contributed by atoms with Gasteiger partial charge in [0.05, 0.1) is 5.69 Å². The molecule has 78 valence electrons. The van der Waals surface area contributed by atoms with Crippen LogP contribution < -0.4 is 5.73 Å².